The van der Waals surface area contributed by atoms with E-state index in [1.165, 1.54) is 18.9 Å². The summed E-state index contributed by atoms with van der Waals surface area (Å²) in [6.45, 7) is 3.86. The van der Waals surface area contributed by atoms with Crippen LogP contribution in [0, 0.1) is 21.0 Å². The molecule has 400 valence electrons. The van der Waals surface area contributed by atoms with Crippen LogP contribution in [0.25, 0.3) is 0 Å². The third-order valence-corrected chi connectivity index (χ3v) is 18.6. The Balaban J connectivity index is 0.000000206. The SMILES string of the molecule is CS(=O)(=O)[O-].CS(=O)(=O)[O-].Cc1ccc(S(=O)(=O)Nc2ccccc2Sc2ccccc2)cc1.Cc1ccc(S(=O)(=O)Nc2ccccc2[S+](c2ccccc2)c2ccccc2)cc1.c1ccc([I+]c2ccccc2)cc1. The first-order valence-corrected chi connectivity index (χ1v) is 33.8. The molecule has 9 aromatic rings. The van der Waals surface area contributed by atoms with E-state index in [1.807, 2.05) is 123 Å². The van der Waals surface area contributed by atoms with Gasteiger partial charge in [0.15, 0.2) is 21.8 Å². The molecule has 12 nitrogen and oxygen atoms in total. The van der Waals surface area contributed by atoms with Crippen LogP contribution in [0.15, 0.2) is 283 Å². The molecule has 0 saturated heterocycles. The summed E-state index contributed by atoms with van der Waals surface area (Å²) in [6.07, 6.45) is 1.21. The van der Waals surface area contributed by atoms with Crippen LogP contribution in [0.5, 0.6) is 0 Å². The molecule has 9 rings (SSSR count). The minimum absolute atomic E-state index is 0.0287. The smallest absolute Gasteiger partial charge is 0.357 e. The third kappa shape index (κ3) is 23.1. The van der Waals surface area contributed by atoms with Crippen LogP contribution < -0.4 is 30.6 Å². The number of halogens is 1. The number of para-hydroxylation sites is 2. The van der Waals surface area contributed by atoms with Gasteiger partial charge in [0.1, 0.15) is 16.6 Å². The molecule has 0 unspecified atom stereocenters. The molecule has 9 aromatic carbocycles. The first-order valence-electron chi connectivity index (χ1n) is 23.0. The Morgan fingerprint density at radius 2 is 0.701 bits per heavy atom. The number of aryl methyl sites for hydroxylation is 2. The van der Waals surface area contributed by atoms with E-state index in [-0.39, 0.29) is 31.0 Å². The summed E-state index contributed by atoms with van der Waals surface area (Å²) in [5.41, 5.74) is 3.21. The molecule has 0 aromatic heterocycles. The van der Waals surface area contributed by atoms with E-state index in [0.717, 1.165) is 35.6 Å². The summed E-state index contributed by atoms with van der Waals surface area (Å²) in [5.74, 6) is 0. The van der Waals surface area contributed by atoms with Gasteiger partial charge in [-0.3, -0.25) is 9.44 Å². The van der Waals surface area contributed by atoms with Crippen LogP contribution in [0.2, 0.25) is 0 Å². The fraction of sp³-hybridized carbons (Fsp3) is 0.0690. The molecule has 0 saturated carbocycles. The highest BCUT2D eigenvalue weighted by atomic mass is 127. The van der Waals surface area contributed by atoms with Crippen molar-refractivity contribution in [3.05, 3.63) is 267 Å². The topological polar surface area (TPSA) is 207 Å². The van der Waals surface area contributed by atoms with E-state index >= 15 is 0 Å². The van der Waals surface area contributed by atoms with Crippen LogP contribution in [-0.4, -0.2) is 55.3 Å². The highest BCUT2D eigenvalue weighted by Crippen LogP contribution is 2.37. The largest absolute Gasteiger partial charge is 0.748 e. The van der Waals surface area contributed by atoms with Gasteiger partial charge in [-0.05, 0) is 123 Å². The van der Waals surface area contributed by atoms with Crippen LogP contribution in [-0.2, 0) is 51.2 Å². The number of nitrogens with one attached hydrogen (secondary N) is 2. The minimum Gasteiger partial charge on any atom is -0.748 e. The monoisotopic (exact) mass is 1260 g/mol. The van der Waals surface area contributed by atoms with Gasteiger partial charge in [0.05, 0.1) is 35.7 Å². The molecule has 77 heavy (non-hydrogen) atoms. The third-order valence-electron chi connectivity index (χ3n) is 9.76. The molecule has 0 heterocycles. The van der Waals surface area contributed by atoms with Gasteiger partial charge in [-0.15, -0.1) is 0 Å². The number of anilines is 2. The summed E-state index contributed by atoms with van der Waals surface area (Å²) < 4.78 is 114. The normalized spacial score (nSPS) is 11.1. The zero-order valence-corrected chi connectivity index (χ0v) is 49.1. The van der Waals surface area contributed by atoms with Crippen molar-refractivity contribution in [2.45, 2.75) is 48.1 Å². The quantitative estimate of drug-likeness (QED) is 0.0633. The summed E-state index contributed by atoms with van der Waals surface area (Å²) in [7, 11) is -15.6. The van der Waals surface area contributed by atoms with Crippen molar-refractivity contribution in [3.63, 3.8) is 0 Å². The summed E-state index contributed by atoms with van der Waals surface area (Å²) in [6, 6.07) is 80.3. The highest BCUT2D eigenvalue weighted by Gasteiger charge is 2.32. The second kappa shape index (κ2) is 30.0. The molecule has 0 aliphatic heterocycles. The number of hydrogen-bond acceptors (Lipinski definition) is 11. The Hall–Kier alpha value is -6.27. The fourth-order valence-corrected chi connectivity index (χ4v) is 14.1. The van der Waals surface area contributed by atoms with E-state index in [0.29, 0.717) is 23.9 Å². The molecule has 0 atom stereocenters. The van der Waals surface area contributed by atoms with E-state index in [2.05, 4.69) is 94.4 Å². The first kappa shape index (κ1) is 61.6. The van der Waals surface area contributed by atoms with Crippen LogP contribution in [0.3, 0.4) is 0 Å². The van der Waals surface area contributed by atoms with Crippen molar-refractivity contribution in [3.8, 4) is 0 Å². The van der Waals surface area contributed by atoms with E-state index in [9.17, 15) is 16.8 Å². The van der Waals surface area contributed by atoms with Crippen LogP contribution >= 0.6 is 11.8 Å². The summed E-state index contributed by atoms with van der Waals surface area (Å²) in [4.78, 5) is 5.62. The van der Waals surface area contributed by atoms with Crippen LogP contribution in [0.4, 0.5) is 11.4 Å². The fourth-order valence-electron chi connectivity index (χ4n) is 6.41. The molecule has 0 bridgehead atoms. The highest BCUT2D eigenvalue weighted by molar-refractivity contribution is 7.99. The van der Waals surface area contributed by atoms with Gasteiger partial charge in [0, 0.05) is 22.3 Å². The van der Waals surface area contributed by atoms with Gasteiger partial charge in [-0.25, -0.2) is 33.7 Å². The second-order valence-electron chi connectivity index (χ2n) is 16.3. The standard InChI is InChI=1S/C25H22NO2S2.C19H17NO2S2.C12H10I.2CH4O3S/c1-20-16-18-23(19-17-20)30(27,28)26-24-14-8-9-15-25(24)29(21-10-4-2-5-11-21)22-12-6-3-7-13-22;1-15-11-13-17(14-12-15)24(21,22)20-18-9-5-6-10-19(18)23-16-7-3-2-4-8-16;1-3-7-11(8-4-1)13-12-9-5-2-6-10-12;2*1-5(2,3)4/h2-19,26H,1H3;2-14,20H,1H3;1-10H;2*1H3,(H,2,3,4)/q+1;;+1;;/p-2. The van der Waals surface area contributed by atoms with E-state index in [1.54, 1.807) is 54.6 Å². The first-order chi connectivity index (χ1) is 36.5. The molecule has 0 aliphatic rings. The van der Waals surface area contributed by atoms with E-state index < -0.39 is 51.2 Å². The minimum atomic E-state index is -3.92. The summed E-state index contributed by atoms with van der Waals surface area (Å²) >= 11 is 1.55. The Bertz CT molecular complexity index is 3560. The Kier molecular flexibility index (Phi) is 24.0. The average Bonchev–Trinajstić information content (AvgIpc) is 3.39. The van der Waals surface area contributed by atoms with E-state index in [4.69, 9.17) is 25.9 Å². The molecule has 0 aliphatic carbocycles. The van der Waals surface area contributed by atoms with Crippen molar-refractivity contribution in [1.29, 1.82) is 0 Å². The van der Waals surface area contributed by atoms with Gasteiger partial charge < -0.3 is 9.11 Å². The lowest BCUT2D eigenvalue weighted by Gasteiger charge is -2.14. The summed E-state index contributed by atoms with van der Waals surface area (Å²) in [5, 5.41) is 0. The maximum atomic E-state index is 13.1. The van der Waals surface area contributed by atoms with Gasteiger partial charge in [-0.2, -0.15) is 0 Å². The molecule has 0 radical (unpaired) electrons. The van der Waals surface area contributed by atoms with Gasteiger partial charge >= 0.3 is 21.2 Å². The number of rotatable bonds is 13. The molecule has 0 amide bonds. The molecule has 0 fully saturated rings. The average molecular weight is 1260 g/mol. The molecular weight excluding hydrogens is 1200 g/mol. The number of sulfonamides is 2. The maximum Gasteiger partial charge on any atom is 0.357 e. The van der Waals surface area contributed by atoms with Crippen molar-refractivity contribution in [2.24, 2.45) is 0 Å². The van der Waals surface area contributed by atoms with Crippen molar-refractivity contribution in [2.75, 3.05) is 22.0 Å². The lowest BCUT2D eigenvalue weighted by atomic mass is 10.2. The van der Waals surface area contributed by atoms with Gasteiger partial charge in [0.25, 0.3) is 20.0 Å². The number of benzene rings is 9. The van der Waals surface area contributed by atoms with Gasteiger partial charge in [0.2, 0.25) is 0 Å². The molecule has 0 spiro atoms. The lowest BCUT2D eigenvalue weighted by molar-refractivity contribution is -0.597. The Labute approximate surface area is 471 Å². The zero-order chi connectivity index (χ0) is 55.9. The zero-order valence-electron chi connectivity index (χ0n) is 42.1. The van der Waals surface area contributed by atoms with Crippen LogP contribution in [0.1, 0.15) is 11.1 Å². The lowest BCUT2D eigenvalue weighted by Crippen LogP contribution is -3.61. The van der Waals surface area contributed by atoms with Crippen molar-refractivity contribution < 1.29 is 64.0 Å². The maximum absolute atomic E-state index is 13.1. The van der Waals surface area contributed by atoms with Crippen molar-refractivity contribution >= 4 is 74.3 Å². The molecule has 19 heteroatoms. The Morgan fingerprint density at radius 3 is 1.10 bits per heavy atom. The van der Waals surface area contributed by atoms with Gasteiger partial charge in [-0.1, -0.05) is 162 Å². The van der Waals surface area contributed by atoms with Crippen molar-refractivity contribution in [1.82, 2.24) is 0 Å². The molecule has 2 N–H and O–H groups in total. The second-order valence-corrected chi connectivity index (χ2v) is 28.6. The molecular formula is C58H55IN2O10S6. The number of hydrogen-bond donors (Lipinski definition) is 2. The predicted molar refractivity (Wildman–Crippen MR) is 304 cm³/mol. The Morgan fingerprint density at radius 1 is 0.390 bits per heavy atom. The predicted octanol–water partition coefficient (Wildman–Crippen LogP) is 8.98.